The standard InChI is InChI=1S/C16H20N2O2/c1-12-9-10-14(20-12)11-18(3)15(19)16(2,17)13-7-5-4-6-8-13/h4-10H,11,17H2,1-3H3. The molecular weight excluding hydrogens is 252 g/mol. The van der Waals surface area contributed by atoms with Crippen LogP contribution in [-0.4, -0.2) is 17.9 Å². The number of carbonyl (C=O) groups excluding carboxylic acids is 1. The second-order valence-corrected chi connectivity index (χ2v) is 5.24. The number of carbonyl (C=O) groups is 1. The Hall–Kier alpha value is -2.07. The predicted molar refractivity (Wildman–Crippen MR) is 77.9 cm³/mol. The van der Waals surface area contributed by atoms with Crippen molar-refractivity contribution in [1.82, 2.24) is 4.90 Å². The normalized spacial score (nSPS) is 13.8. The van der Waals surface area contributed by atoms with E-state index in [-0.39, 0.29) is 5.91 Å². The second-order valence-electron chi connectivity index (χ2n) is 5.24. The third-order valence-electron chi connectivity index (χ3n) is 3.35. The van der Waals surface area contributed by atoms with Crippen molar-refractivity contribution in [2.45, 2.75) is 25.9 Å². The number of nitrogens with two attached hydrogens (primary N) is 1. The first-order valence-electron chi connectivity index (χ1n) is 6.56. The van der Waals surface area contributed by atoms with Crippen molar-refractivity contribution < 1.29 is 9.21 Å². The maximum absolute atomic E-state index is 12.5. The SMILES string of the molecule is Cc1ccc(CN(C)C(=O)C(C)(N)c2ccccc2)o1. The van der Waals surface area contributed by atoms with Gasteiger partial charge in [0.1, 0.15) is 17.1 Å². The van der Waals surface area contributed by atoms with Crippen LogP contribution in [0, 0.1) is 6.92 Å². The van der Waals surface area contributed by atoms with Gasteiger partial charge in [-0.2, -0.15) is 0 Å². The minimum Gasteiger partial charge on any atom is -0.464 e. The highest BCUT2D eigenvalue weighted by Crippen LogP contribution is 2.21. The van der Waals surface area contributed by atoms with Crippen molar-refractivity contribution in [3.05, 3.63) is 59.5 Å². The van der Waals surface area contributed by atoms with E-state index >= 15 is 0 Å². The number of amides is 1. The first-order chi connectivity index (χ1) is 9.41. The van der Waals surface area contributed by atoms with Gasteiger partial charge in [0.25, 0.3) is 0 Å². The quantitative estimate of drug-likeness (QED) is 0.930. The number of benzene rings is 1. The van der Waals surface area contributed by atoms with Crippen LogP contribution in [0.2, 0.25) is 0 Å². The number of likely N-dealkylation sites (N-methyl/N-ethyl adjacent to an activating group) is 1. The average Bonchev–Trinajstić information content (AvgIpc) is 2.84. The topological polar surface area (TPSA) is 59.5 Å². The zero-order valence-electron chi connectivity index (χ0n) is 12.1. The summed E-state index contributed by atoms with van der Waals surface area (Å²) in [7, 11) is 1.73. The van der Waals surface area contributed by atoms with Crippen LogP contribution in [0.25, 0.3) is 0 Å². The van der Waals surface area contributed by atoms with Gasteiger partial charge in [0.2, 0.25) is 5.91 Å². The molecule has 2 aromatic rings. The lowest BCUT2D eigenvalue weighted by atomic mass is 9.92. The highest BCUT2D eigenvalue weighted by Gasteiger charge is 2.33. The molecule has 1 atom stereocenters. The molecule has 0 saturated heterocycles. The Morgan fingerprint density at radius 1 is 1.25 bits per heavy atom. The van der Waals surface area contributed by atoms with Crippen molar-refractivity contribution in [3.63, 3.8) is 0 Å². The van der Waals surface area contributed by atoms with E-state index in [1.54, 1.807) is 18.9 Å². The fourth-order valence-corrected chi connectivity index (χ4v) is 2.18. The Labute approximate surface area is 119 Å². The van der Waals surface area contributed by atoms with Crippen molar-refractivity contribution in [2.24, 2.45) is 5.73 Å². The maximum atomic E-state index is 12.5. The van der Waals surface area contributed by atoms with E-state index in [1.165, 1.54) is 0 Å². The van der Waals surface area contributed by atoms with E-state index in [4.69, 9.17) is 10.2 Å². The summed E-state index contributed by atoms with van der Waals surface area (Å²) in [6.07, 6.45) is 0. The van der Waals surface area contributed by atoms with Crippen LogP contribution in [-0.2, 0) is 16.9 Å². The van der Waals surface area contributed by atoms with Gasteiger partial charge >= 0.3 is 0 Å². The Morgan fingerprint density at radius 3 is 2.45 bits per heavy atom. The van der Waals surface area contributed by atoms with Crippen LogP contribution in [0.1, 0.15) is 24.0 Å². The van der Waals surface area contributed by atoms with Crippen LogP contribution in [0.5, 0.6) is 0 Å². The molecule has 4 heteroatoms. The van der Waals surface area contributed by atoms with E-state index in [2.05, 4.69) is 0 Å². The summed E-state index contributed by atoms with van der Waals surface area (Å²) in [5.41, 5.74) is 5.97. The van der Waals surface area contributed by atoms with Crippen LogP contribution >= 0.6 is 0 Å². The molecule has 1 aromatic carbocycles. The molecule has 1 heterocycles. The molecule has 0 spiro atoms. The number of hydrogen-bond donors (Lipinski definition) is 1. The summed E-state index contributed by atoms with van der Waals surface area (Å²) in [4.78, 5) is 14.1. The van der Waals surface area contributed by atoms with E-state index in [1.807, 2.05) is 49.4 Å². The molecule has 0 aliphatic carbocycles. The molecule has 1 aromatic heterocycles. The molecule has 2 rings (SSSR count). The molecular formula is C16H20N2O2. The number of nitrogens with zero attached hydrogens (tertiary/aromatic N) is 1. The van der Waals surface area contributed by atoms with Crippen molar-refractivity contribution in [1.29, 1.82) is 0 Å². The zero-order valence-corrected chi connectivity index (χ0v) is 12.1. The molecule has 0 aliphatic heterocycles. The first-order valence-corrected chi connectivity index (χ1v) is 6.56. The van der Waals surface area contributed by atoms with Gasteiger partial charge in [-0.15, -0.1) is 0 Å². The maximum Gasteiger partial charge on any atom is 0.247 e. The number of hydrogen-bond acceptors (Lipinski definition) is 3. The molecule has 4 nitrogen and oxygen atoms in total. The third kappa shape index (κ3) is 2.91. The molecule has 1 unspecified atom stereocenters. The Kier molecular flexibility index (Phi) is 3.95. The minimum atomic E-state index is -1.04. The van der Waals surface area contributed by atoms with Gasteiger partial charge in [-0.3, -0.25) is 4.79 Å². The molecule has 0 fully saturated rings. The Morgan fingerprint density at radius 2 is 1.90 bits per heavy atom. The fraction of sp³-hybridized carbons (Fsp3) is 0.312. The van der Waals surface area contributed by atoms with Gasteiger partial charge < -0.3 is 15.1 Å². The van der Waals surface area contributed by atoms with Gasteiger partial charge in [-0.05, 0) is 31.5 Å². The van der Waals surface area contributed by atoms with Crippen LogP contribution < -0.4 is 5.73 Å². The van der Waals surface area contributed by atoms with Crippen LogP contribution in [0.4, 0.5) is 0 Å². The summed E-state index contributed by atoms with van der Waals surface area (Å²) in [6.45, 7) is 4.02. The Bertz CT molecular complexity index is 588. The van der Waals surface area contributed by atoms with E-state index < -0.39 is 5.54 Å². The lowest BCUT2D eigenvalue weighted by Gasteiger charge is -2.29. The lowest BCUT2D eigenvalue weighted by Crippen LogP contribution is -2.49. The highest BCUT2D eigenvalue weighted by atomic mass is 16.3. The fourth-order valence-electron chi connectivity index (χ4n) is 2.18. The summed E-state index contributed by atoms with van der Waals surface area (Å²) in [5, 5.41) is 0. The van der Waals surface area contributed by atoms with Crippen molar-refractivity contribution >= 4 is 5.91 Å². The number of rotatable bonds is 4. The lowest BCUT2D eigenvalue weighted by molar-refractivity contribution is -0.136. The van der Waals surface area contributed by atoms with Gasteiger partial charge in [0.05, 0.1) is 6.54 Å². The minimum absolute atomic E-state index is 0.141. The van der Waals surface area contributed by atoms with E-state index in [0.29, 0.717) is 6.54 Å². The molecule has 1 amide bonds. The van der Waals surface area contributed by atoms with Gasteiger partial charge in [-0.1, -0.05) is 30.3 Å². The van der Waals surface area contributed by atoms with Gasteiger partial charge in [-0.25, -0.2) is 0 Å². The third-order valence-corrected chi connectivity index (χ3v) is 3.35. The molecule has 20 heavy (non-hydrogen) atoms. The summed E-state index contributed by atoms with van der Waals surface area (Å²) < 4.78 is 5.49. The number of furan rings is 1. The molecule has 0 saturated carbocycles. The predicted octanol–water partition coefficient (Wildman–Crippen LogP) is 2.42. The Balaban J connectivity index is 2.13. The monoisotopic (exact) mass is 272 g/mol. The molecule has 0 radical (unpaired) electrons. The van der Waals surface area contributed by atoms with Crippen molar-refractivity contribution in [2.75, 3.05) is 7.05 Å². The smallest absolute Gasteiger partial charge is 0.247 e. The highest BCUT2D eigenvalue weighted by molar-refractivity contribution is 5.86. The summed E-state index contributed by atoms with van der Waals surface area (Å²) >= 11 is 0. The second kappa shape index (κ2) is 5.51. The van der Waals surface area contributed by atoms with E-state index in [0.717, 1.165) is 17.1 Å². The van der Waals surface area contributed by atoms with E-state index in [9.17, 15) is 4.79 Å². The summed E-state index contributed by atoms with van der Waals surface area (Å²) in [6, 6.07) is 13.1. The average molecular weight is 272 g/mol. The van der Waals surface area contributed by atoms with Crippen LogP contribution in [0.15, 0.2) is 46.9 Å². The summed E-state index contributed by atoms with van der Waals surface area (Å²) in [5.74, 6) is 1.44. The number of aryl methyl sites for hydroxylation is 1. The molecule has 106 valence electrons. The molecule has 2 N–H and O–H groups in total. The van der Waals surface area contributed by atoms with Crippen molar-refractivity contribution in [3.8, 4) is 0 Å². The molecule has 0 bridgehead atoms. The zero-order chi connectivity index (χ0) is 14.8. The largest absolute Gasteiger partial charge is 0.464 e. The van der Waals surface area contributed by atoms with Crippen LogP contribution in [0.3, 0.4) is 0 Å². The first kappa shape index (κ1) is 14.3. The van der Waals surface area contributed by atoms with Gasteiger partial charge in [0, 0.05) is 7.05 Å². The molecule has 0 aliphatic rings. The van der Waals surface area contributed by atoms with Gasteiger partial charge in [0.15, 0.2) is 0 Å².